The molecule has 0 aliphatic carbocycles. The average molecular weight is 448 g/mol. The number of para-hydroxylation sites is 1. The summed E-state index contributed by atoms with van der Waals surface area (Å²) in [7, 11) is 5.64. The van der Waals surface area contributed by atoms with Crippen molar-refractivity contribution in [1.29, 1.82) is 0 Å². The van der Waals surface area contributed by atoms with Gasteiger partial charge in [-0.1, -0.05) is 39.4 Å². The Morgan fingerprint density at radius 1 is 1.19 bits per heavy atom. The molecule has 2 aromatic carbocycles. The predicted molar refractivity (Wildman–Crippen MR) is 115 cm³/mol. The lowest BCUT2D eigenvalue weighted by Crippen LogP contribution is -2.33. The van der Waals surface area contributed by atoms with Crippen LogP contribution in [0.15, 0.2) is 46.9 Å². The van der Waals surface area contributed by atoms with E-state index in [0.29, 0.717) is 23.0 Å². The van der Waals surface area contributed by atoms with E-state index in [9.17, 15) is 4.79 Å². The predicted octanol–water partition coefficient (Wildman–Crippen LogP) is 4.67. The number of fused-ring (bicyclic) bond motifs is 1. The molecule has 0 unspecified atom stereocenters. The number of ether oxygens (including phenoxy) is 1. The molecular formula is C20H22BrN3O2S. The number of amides is 1. The number of halogens is 1. The molecule has 1 heterocycles. The highest BCUT2D eigenvalue weighted by Crippen LogP contribution is 2.32. The van der Waals surface area contributed by atoms with Gasteiger partial charge in [-0.3, -0.25) is 9.69 Å². The Hall–Kier alpha value is -1.96. The molecule has 0 aliphatic rings. The third-order valence-corrected chi connectivity index (χ3v) is 5.67. The average Bonchev–Trinajstić information content (AvgIpc) is 3.07. The number of methoxy groups -OCH3 is 1. The van der Waals surface area contributed by atoms with Gasteiger partial charge in [0.1, 0.15) is 5.75 Å². The number of thiazole rings is 1. The summed E-state index contributed by atoms with van der Waals surface area (Å²) in [4.78, 5) is 21.9. The van der Waals surface area contributed by atoms with Gasteiger partial charge in [-0.05, 0) is 57.4 Å². The molecule has 0 saturated heterocycles. The van der Waals surface area contributed by atoms with Crippen LogP contribution in [0.5, 0.6) is 5.75 Å². The van der Waals surface area contributed by atoms with E-state index in [1.807, 2.05) is 44.4 Å². The Labute approximate surface area is 171 Å². The van der Waals surface area contributed by atoms with Gasteiger partial charge in [0.05, 0.1) is 22.9 Å². The van der Waals surface area contributed by atoms with Gasteiger partial charge in [-0.25, -0.2) is 4.98 Å². The van der Waals surface area contributed by atoms with Crippen molar-refractivity contribution in [1.82, 2.24) is 9.88 Å². The van der Waals surface area contributed by atoms with E-state index >= 15 is 0 Å². The van der Waals surface area contributed by atoms with Crippen molar-refractivity contribution in [3.05, 3.63) is 52.5 Å². The summed E-state index contributed by atoms with van der Waals surface area (Å²) in [6, 6.07) is 13.3. The summed E-state index contributed by atoms with van der Waals surface area (Å²) in [6.45, 7) is 1.49. The minimum Gasteiger partial charge on any atom is -0.496 e. The van der Waals surface area contributed by atoms with E-state index in [4.69, 9.17) is 9.72 Å². The quantitative estimate of drug-likeness (QED) is 0.527. The largest absolute Gasteiger partial charge is 0.496 e. The van der Waals surface area contributed by atoms with E-state index in [0.717, 1.165) is 27.7 Å². The molecule has 0 aliphatic heterocycles. The number of hydrogen-bond acceptors (Lipinski definition) is 5. The zero-order chi connectivity index (χ0) is 19.4. The van der Waals surface area contributed by atoms with Gasteiger partial charge in [0.2, 0.25) is 0 Å². The Morgan fingerprint density at radius 3 is 2.70 bits per heavy atom. The van der Waals surface area contributed by atoms with Gasteiger partial charge < -0.3 is 9.64 Å². The SMILES string of the molecule is COc1ccccc1C(=O)N(CCCN(C)C)c1nc2ccc(Br)cc2s1. The molecule has 1 amide bonds. The van der Waals surface area contributed by atoms with E-state index in [-0.39, 0.29) is 5.91 Å². The third kappa shape index (κ3) is 4.66. The lowest BCUT2D eigenvalue weighted by atomic mass is 10.1. The van der Waals surface area contributed by atoms with Crippen LogP contribution in [0.4, 0.5) is 5.13 Å². The number of benzene rings is 2. The van der Waals surface area contributed by atoms with Crippen LogP contribution in [0.25, 0.3) is 10.2 Å². The fourth-order valence-corrected chi connectivity index (χ4v) is 4.34. The Bertz CT molecular complexity index is 942. The fourth-order valence-electron chi connectivity index (χ4n) is 2.80. The molecule has 5 nitrogen and oxygen atoms in total. The van der Waals surface area contributed by atoms with Crippen molar-refractivity contribution in [3.8, 4) is 5.75 Å². The topological polar surface area (TPSA) is 45.7 Å². The molecule has 0 atom stereocenters. The maximum atomic E-state index is 13.3. The van der Waals surface area contributed by atoms with Gasteiger partial charge in [0.25, 0.3) is 5.91 Å². The van der Waals surface area contributed by atoms with E-state index in [1.54, 1.807) is 24.1 Å². The smallest absolute Gasteiger partial charge is 0.263 e. The maximum absolute atomic E-state index is 13.3. The number of rotatable bonds is 7. The van der Waals surface area contributed by atoms with Crippen LogP contribution >= 0.6 is 27.3 Å². The molecule has 0 radical (unpaired) electrons. The molecule has 0 bridgehead atoms. The molecule has 3 aromatic rings. The number of carbonyl (C=O) groups excluding carboxylic acids is 1. The summed E-state index contributed by atoms with van der Waals surface area (Å²) < 4.78 is 7.44. The first-order valence-electron chi connectivity index (χ1n) is 8.65. The second kappa shape index (κ2) is 8.82. The molecule has 0 spiro atoms. The summed E-state index contributed by atoms with van der Waals surface area (Å²) in [6.07, 6.45) is 0.855. The first-order chi connectivity index (χ1) is 13.0. The summed E-state index contributed by atoms with van der Waals surface area (Å²) in [5.41, 5.74) is 1.44. The molecule has 0 saturated carbocycles. The highest BCUT2D eigenvalue weighted by molar-refractivity contribution is 9.10. The molecule has 3 rings (SSSR count). The highest BCUT2D eigenvalue weighted by atomic mass is 79.9. The third-order valence-electron chi connectivity index (χ3n) is 4.14. The number of carbonyl (C=O) groups is 1. The van der Waals surface area contributed by atoms with Crippen molar-refractivity contribution in [3.63, 3.8) is 0 Å². The van der Waals surface area contributed by atoms with Crippen molar-refractivity contribution in [2.45, 2.75) is 6.42 Å². The van der Waals surface area contributed by atoms with Crippen LogP contribution in [0, 0.1) is 0 Å². The van der Waals surface area contributed by atoms with Gasteiger partial charge in [0.15, 0.2) is 5.13 Å². The molecule has 7 heteroatoms. The molecule has 27 heavy (non-hydrogen) atoms. The summed E-state index contributed by atoms with van der Waals surface area (Å²) >= 11 is 5.02. The Kier molecular flexibility index (Phi) is 6.46. The van der Waals surface area contributed by atoms with Gasteiger partial charge in [-0.15, -0.1) is 0 Å². The Balaban J connectivity index is 1.97. The number of nitrogens with zero attached hydrogens (tertiary/aromatic N) is 3. The van der Waals surface area contributed by atoms with Crippen LogP contribution in [0.1, 0.15) is 16.8 Å². The van der Waals surface area contributed by atoms with Crippen LogP contribution in [-0.2, 0) is 0 Å². The highest BCUT2D eigenvalue weighted by Gasteiger charge is 2.23. The van der Waals surface area contributed by atoms with Crippen LogP contribution in [0.2, 0.25) is 0 Å². The standard InChI is InChI=1S/C20H22BrN3O2S/c1-23(2)11-6-12-24(19(25)15-7-4-5-8-17(15)26-3)20-22-16-10-9-14(21)13-18(16)27-20/h4-5,7-10,13H,6,11-12H2,1-3H3. The lowest BCUT2D eigenvalue weighted by Gasteiger charge is -2.22. The molecule has 0 fully saturated rings. The maximum Gasteiger partial charge on any atom is 0.263 e. The molecule has 0 N–H and O–H groups in total. The van der Waals surface area contributed by atoms with Crippen molar-refractivity contribution in [2.24, 2.45) is 0 Å². The van der Waals surface area contributed by atoms with Crippen molar-refractivity contribution in [2.75, 3.05) is 39.2 Å². The van der Waals surface area contributed by atoms with Gasteiger partial charge >= 0.3 is 0 Å². The Morgan fingerprint density at radius 2 is 1.96 bits per heavy atom. The van der Waals surface area contributed by atoms with Gasteiger partial charge in [-0.2, -0.15) is 0 Å². The monoisotopic (exact) mass is 447 g/mol. The second-order valence-corrected chi connectivity index (χ2v) is 8.35. The summed E-state index contributed by atoms with van der Waals surface area (Å²) in [5, 5.41) is 0.706. The van der Waals surface area contributed by atoms with E-state index in [2.05, 4.69) is 20.8 Å². The van der Waals surface area contributed by atoms with Crippen LogP contribution < -0.4 is 9.64 Å². The van der Waals surface area contributed by atoms with Crippen molar-refractivity contribution >= 4 is 48.5 Å². The van der Waals surface area contributed by atoms with Crippen LogP contribution in [0.3, 0.4) is 0 Å². The van der Waals surface area contributed by atoms with Crippen molar-refractivity contribution < 1.29 is 9.53 Å². The molecular weight excluding hydrogens is 426 g/mol. The van der Waals surface area contributed by atoms with E-state index in [1.165, 1.54) is 11.3 Å². The lowest BCUT2D eigenvalue weighted by molar-refractivity contribution is 0.0983. The number of anilines is 1. The minimum absolute atomic E-state index is 0.0932. The minimum atomic E-state index is -0.0932. The van der Waals surface area contributed by atoms with Gasteiger partial charge in [0, 0.05) is 11.0 Å². The zero-order valence-electron chi connectivity index (χ0n) is 15.6. The zero-order valence-corrected chi connectivity index (χ0v) is 18.0. The fraction of sp³-hybridized carbons (Fsp3) is 0.300. The molecule has 1 aromatic heterocycles. The first-order valence-corrected chi connectivity index (χ1v) is 10.3. The first kappa shape index (κ1) is 19.8. The number of hydrogen-bond donors (Lipinski definition) is 0. The van der Waals surface area contributed by atoms with E-state index < -0.39 is 0 Å². The normalized spacial score (nSPS) is 11.1. The molecule has 142 valence electrons. The second-order valence-electron chi connectivity index (χ2n) is 6.42. The van der Waals surface area contributed by atoms with Crippen LogP contribution in [-0.4, -0.2) is 50.1 Å². The number of aromatic nitrogens is 1. The summed E-state index contributed by atoms with van der Waals surface area (Å²) in [5.74, 6) is 0.480.